The van der Waals surface area contributed by atoms with Crippen LogP contribution >= 0.6 is 0 Å². The van der Waals surface area contributed by atoms with E-state index >= 15 is 0 Å². The van der Waals surface area contributed by atoms with E-state index in [4.69, 9.17) is 11.5 Å². The van der Waals surface area contributed by atoms with E-state index in [1.54, 1.807) is 12.4 Å². The van der Waals surface area contributed by atoms with Crippen LogP contribution in [0.2, 0.25) is 0 Å². The summed E-state index contributed by atoms with van der Waals surface area (Å²) in [6.07, 6.45) is 9.51. The van der Waals surface area contributed by atoms with Crippen LogP contribution in [0.1, 0.15) is 152 Å². The third-order valence-corrected chi connectivity index (χ3v) is 12.8. The third kappa shape index (κ3) is 17.2. The first-order chi connectivity index (χ1) is 32.8. The van der Waals surface area contributed by atoms with Crippen molar-refractivity contribution in [1.29, 1.82) is 0 Å². The van der Waals surface area contributed by atoms with Crippen LogP contribution in [0.25, 0.3) is 21.8 Å². The molecule has 2 aromatic carbocycles. The molecule has 12 N–H and O–H groups in total. The number of ketones is 1. The predicted molar refractivity (Wildman–Crippen MR) is 262 cm³/mol. The zero-order valence-electron chi connectivity index (χ0n) is 39.5. The Morgan fingerprint density at radius 1 is 0.529 bits per heavy atom. The first-order valence-electron chi connectivity index (χ1n) is 24.6. The molecular formula is C51H73N9O8. The number of carboxylic acids is 1. The predicted octanol–water partition coefficient (Wildman–Crippen LogP) is 5.75. The van der Waals surface area contributed by atoms with Crippen molar-refractivity contribution < 1.29 is 38.7 Å². The molecule has 4 aromatic rings. The van der Waals surface area contributed by atoms with Crippen LogP contribution in [-0.2, 0) is 33.6 Å². The minimum atomic E-state index is -1.10. The van der Waals surface area contributed by atoms with Gasteiger partial charge < -0.3 is 53.1 Å². The monoisotopic (exact) mass is 940 g/mol. The van der Waals surface area contributed by atoms with Gasteiger partial charge in [-0.2, -0.15) is 0 Å². The number of hydrogen-bond acceptors (Lipinski definition) is 9. The van der Waals surface area contributed by atoms with Gasteiger partial charge in [0.2, 0.25) is 29.5 Å². The third-order valence-electron chi connectivity index (χ3n) is 12.8. The summed E-state index contributed by atoms with van der Waals surface area (Å²) in [6.45, 7) is 2.98. The van der Waals surface area contributed by atoms with Crippen molar-refractivity contribution in [3.8, 4) is 0 Å². The number of aromatic amines is 2. The number of unbranched alkanes of at least 4 members (excludes halogenated alkanes) is 4. The molecule has 6 atom stereocenters. The lowest BCUT2D eigenvalue weighted by Crippen LogP contribution is -2.44. The van der Waals surface area contributed by atoms with Gasteiger partial charge in [-0.25, -0.2) is 0 Å². The normalized spacial score (nSPS) is 22.5. The van der Waals surface area contributed by atoms with Crippen molar-refractivity contribution in [3.05, 3.63) is 72.1 Å². The molecule has 0 saturated carbocycles. The number of para-hydroxylation sites is 2. The van der Waals surface area contributed by atoms with Gasteiger partial charge in [-0.3, -0.25) is 33.6 Å². The summed E-state index contributed by atoms with van der Waals surface area (Å²) in [5.74, 6) is -3.65. The molecule has 17 nitrogen and oxygen atoms in total. The van der Waals surface area contributed by atoms with E-state index in [1.165, 1.54) is 0 Å². The maximum absolute atomic E-state index is 14.4. The Hall–Kier alpha value is -6.07. The summed E-state index contributed by atoms with van der Waals surface area (Å²) in [5.41, 5.74) is 14.5. The standard InChI is InChI=1S/C51H73N9O8/c1-2-3-4-14-35-27-47(63)56-34(15-10-12-23-53)26-37(61)24-33(13-9-11-22-52)25-46(62)58-36(20-21-51(67)68)28-48(64)59-45(41-32-55-43-19-8-6-17-39(41)43)30-50(66)60-44(29-49(65)57-35)40-31-54-42-18-7-5-16-38(40)42/h5-8,16-19,31-36,44-45,54-55H,2-4,9-15,20-30,52-53H2,1H3,(H,56,63)(H,57,65)(H,58,62)(H,59,64)(H,60,66)(H,67,68). The molecule has 370 valence electrons. The number of carboxylic acid groups (broad SMARTS) is 1. The average Bonchev–Trinajstić information content (AvgIpc) is 3.93. The van der Waals surface area contributed by atoms with E-state index in [0.29, 0.717) is 69.2 Å². The summed E-state index contributed by atoms with van der Waals surface area (Å²) in [6, 6.07) is 11.4. The SMILES string of the molecule is CCCCCC1CC(=O)NC(CCCCN)CC(=O)CC(CCCCN)CC(=O)NC(CCC(=O)O)CC(=O)NC(c2c[nH]c3ccccc23)CC(=O)NC(c2c[nH]c3ccccc23)CC(=O)N1. The fraction of sp³-hybridized carbons (Fsp3) is 0.549. The molecule has 0 aliphatic carbocycles. The van der Waals surface area contributed by atoms with Crippen molar-refractivity contribution in [2.24, 2.45) is 17.4 Å². The van der Waals surface area contributed by atoms with Crippen molar-refractivity contribution in [3.63, 3.8) is 0 Å². The number of nitrogens with one attached hydrogen (secondary N) is 7. The maximum Gasteiger partial charge on any atom is 0.303 e. The lowest BCUT2D eigenvalue weighted by molar-refractivity contribution is -0.138. The van der Waals surface area contributed by atoms with E-state index in [1.807, 2.05) is 48.5 Å². The zero-order chi connectivity index (χ0) is 48.8. The molecule has 1 aliphatic heterocycles. The smallest absolute Gasteiger partial charge is 0.303 e. The molecule has 6 unspecified atom stereocenters. The van der Waals surface area contributed by atoms with E-state index in [-0.39, 0.29) is 81.3 Å². The van der Waals surface area contributed by atoms with Crippen LogP contribution in [0, 0.1) is 5.92 Å². The van der Waals surface area contributed by atoms with Gasteiger partial charge in [-0.15, -0.1) is 0 Å². The molecule has 68 heavy (non-hydrogen) atoms. The molecule has 0 radical (unpaired) electrons. The fourth-order valence-corrected chi connectivity index (χ4v) is 9.37. The van der Waals surface area contributed by atoms with E-state index in [0.717, 1.165) is 41.1 Å². The Kier molecular flexibility index (Phi) is 21.5. The van der Waals surface area contributed by atoms with Crippen molar-refractivity contribution in [2.45, 2.75) is 159 Å². The molecule has 1 saturated heterocycles. The topological polar surface area (TPSA) is 283 Å². The van der Waals surface area contributed by atoms with Gasteiger partial charge in [0.15, 0.2) is 0 Å². The second-order valence-electron chi connectivity index (χ2n) is 18.4. The number of hydrogen-bond donors (Lipinski definition) is 10. The quantitative estimate of drug-likeness (QED) is 0.0572. The molecule has 1 fully saturated rings. The largest absolute Gasteiger partial charge is 0.481 e. The second kappa shape index (κ2) is 27.7. The van der Waals surface area contributed by atoms with Gasteiger partial charge in [-0.05, 0) is 69.7 Å². The molecule has 0 bridgehead atoms. The molecule has 17 heteroatoms. The number of rotatable bonds is 17. The Morgan fingerprint density at radius 2 is 0.971 bits per heavy atom. The van der Waals surface area contributed by atoms with Gasteiger partial charge in [-0.1, -0.05) is 75.4 Å². The van der Waals surface area contributed by atoms with Crippen LogP contribution in [0.4, 0.5) is 0 Å². The molecule has 5 amide bonds. The molecule has 2 aromatic heterocycles. The number of fused-ring (bicyclic) bond motifs is 2. The second-order valence-corrected chi connectivity index (χ2v) is 18.4. The number of amides is 5. The number of aromatic nitrogens is 2. The number of carbonyl (C=O) groups is 7. The number of H-pyrrole nitrogens is 2. The van der Waals surface area contributed by atoms with Crippen molar-refractivity contribution in [1.82, 2.24) is 36.6 Å². The first-order valence-corrected chi connectivity index (χ1v) is 24.6. The summed E-state index contributed by atoms with van der Waals surface area (Å²) in [4.78, 5) is 102. The average molecular weight is 940 g/mol. The summed E-state index contributed by atoms with van der Waals surface area (Å²) >= 11 is 0. The van der Waals surface area contributed by atoms with Gasteiger partial charge in [0.25, 0.3) is 0 Å². The van der Waals surface area contributed by atoms with Gasteiger partial charge >= 0.3 is 5.97 Å². The maximum atomic E-state index is 14.4. The minimum absolute atomic E-state index is 0.0158. The van der Waals surface area contributed by atoms with E-state index in [2.05, 4.69) is 43.5 Å². The Balaban J connectivity index is 1.51. The van der Waals surface area contributed by atoms with Gasteiger partial charge in [0, 0.05) is 102 Å². The number of nitrogens with two attached hydrogens (primary N) is 2. The first kappa shape index (κ1) is 52.9. The van der Waals surface area contributed by atoms with Crippen LogP contribution in [0.3, 0.4) is 0 Å². The highest BCUT2D eigenvalue weighted by atomic mass is 16.4. The van der Waals surface area contributed by atoms with Crippen LogP contribution in [0.5, 0.6) is 0 Å². The number of aliphatic carboxylic acids is 1. The highest BCUT2D eigenvalue weighted by molar-refractivity contribution is 5.90. The molecule has 5 rings (SSSR count). The lowest BCUT2D eigenvalue weighted by atomic mass is 9.89. The zero-order valence-corrected chi connectivity index (χ0v) is 39.5. The molecule has 1 aliphatic rings. The molecule has 3 heterocycles. The fourth-order valence-electron chi connectivity index (χ4n) is 9.37. The van der Waals surface area contributed by atoms with Gasteiger partial charge in [0.1, 0.15) is 5.78 Å². The van der Waals surface area contributed by atoms with Crippen LogP contribution in [-0.4, -0.2) is 87.6 Å². The van der Waals surface area contributed by atoms with Crippen molar-refractivity contribution in [2.75, 3.05) is 13.1 Å². The molecule has 0 spiro atoms. The number of benzene rings is 2. The summed E-state index contributed by atoms with van der Waals surface area (Å²) < 4.78 is 0. The van der Waals surface area contributed by atoms with Crippen molar-refractivity contribution >= 4 is 63.1 Å². The summed E-state index contributed by atoms with van der Waals surface area (Å²) in [5, 5.41) is 26.4. The van der Waals surface area contributed by atoms with E-state index < -0.39 is 53.9 Å². The molecular weight excluding hydrogens is 867 g/mol. The van der Waals surface area contributed by atoms with Crippen LogP contribution < -0.4 is 38.1 Å². The Morgan fingerprint density at radius 3 is 1.50 bits per heavy atom. The highest BCUT2D eigenvalue weighted by Crippen LogP contribution is 2.30. The van der Waals surface area contributed by atoms with Crippen LogP contribution in [0.15, 0.2) is 60.9 Å². The summed E-state index contributed by atoms with van der Waals surface area (Å²) in [7, 11) is 0. The Bertz CT molecular complexity index is 2290. The highest BCUT2D eigenvalue weighted by Gasteiger charge is 2.30. The number of Topliss-reactive ketones (excluding diaryl/α,β-unsaturated/α-hetero) is 1. The number of carbonyl (C=O) groups excluding carboxylic acids is 6. The van der Waals surface area contributed by atoms with E-state index in [9.17, 15) is 38.7 Å². The van der Waals surface area contributed by atoms with Gasteiger partial charge in [0.05, 0.1) is 24.9 Å². The lowest BCUT2D eigenvalue weighted by Gasteiger charge is -2.25. The minimum Gasteiger partial charge on any atom is -0.481 e. The Labute approximate surface area is 398 Å².